The summed E-state index contributed by atoms with van der Waals surface area (Å²) in [7, 11) is 0. The summed E-state index contributed by atoms with van der Waals surface area (Å²) in [6.07, 6.45) is 3.14. The Morgan fingerprint density at radius 3 is 2.53 bits per heavy atom. The fraction of sp³-hybridized carbons (Fsp3) is 0.857. The van der Waals surface area contributed by atoms with E-state index in [1.165, 1.54) is 0 Å². The molecule has 0 aliphatic carbocycles. The predicted molar refractivity (Wildman–Crippen MR) is 71.8 cm³/mol. The number of rotatable bonds is 7. The summed E-state index contributed by atoms with van der Waals surface area (Å²) in [5.41, 5.74) is -0.0739. The van der Waals surface area contributed by atoms with Gasteiger partial charge < -0.3 is 15.2 Å². The Morgan fingerprint density at radius 1 is 1.32 bits per heavy atom. The Balaban J connectivity index is 2.21. The van der Waals surface area contributed by atoms with Crippen molar-refractivity contribution in [3.63, 3.8) is 0 Å². The molecule has 2 N–H and O–H groups in total. The van der Waals surface area contributed by atoms with Crippen molar-refractivity contribution in [3.8, 4) is 0 Å². The van der Waals surface area contributed by atoms with Crippen molar-refractivity contribution in [2.75, 3.05) is 6.54 Å². The lowest BCUT2D eigenvalue weighted by atomic mass is 9.84. The minimum Gasteiger partial charge on any atom is -0.481 e. The number of ether oxygens (including phenoxy) is 1. The van der Waals surface area contributed by atoms with Gasteiger partial charge in [0.05, 0.1) is 6.10 Å². The van der Waals surface area contributed by atoms with Gasteiger partial charge in [0, 0.05) is 13.0 Å². The zero-order chi connectivity index (χ0) is 14.5. The van der Waals surface area contributed by atoms with Crippen LogP contribution in [0.5, 0.6) is 0 Å². The highest BCUT2D eigenvalue weighted by Gasteiger charge is 2.28. The zero-order valence-corrected chi connectivity index (χ0v) is 12.1. The van der Waals surface area contributed by atoms with E-state index < -0.39 is 5.97 Å². The lowest BCUT2D eigenvalue weighted by Crippen LogP contribution is -2.36. The van der Waals surface area contributed by atoms with Gasteiger partial charge in [-0.05, 0) is 38.0 Å². The van der Waals surface area contributed by atoms with E-state index in [1.54, 1.807) is 0 Å². The van der Waals surface area contributed by atoms with Crippen LogP contribution in [0.1, 0.15) is 52.9 Å². The number of carbonyl (C=O) groups excluding carboxylic acids is 1. The third-order valence-corrected chi connectivity index (χ3v) is 3.64. The van der Waals surface area contributed by atoms with Crippen molar-refractivity contribution in [1.29, 1.82) is 0 Å². The molecular weight excluding hydrogens is 246 g/mol. The minimum absolute atomic E-state index is 0.0432. The molecule has 1 aliphatic rings. The lowest BCUT2D eigenvalue weighted by molar-refractivity contribution is -0.137. The van der Waals surface area contributed by atoms with E-state index in [0.29, 0.717) is 13.0 Å². The number of aliphatic carboxylic acids is 1. The third kappa shape index (κ3) is 6.05. The molecular formula is C14H25NO4. The number of amides is 1. The van der Waals surface area contributed by atoms with Crippen LogP contribution in [0.4, 0.5) is 0 Å². The molecule has 2 unspecified atom stereocenters. The summed E-state index contributed by atoms with van der Waals surface area (Å²) < 4.78 is 5.49. The maximum absolute atomic E-state index is 11.8. The maximum atomic E-state index is 11.8. The van der Waals surface area contributed by atoms with Gasteiger partial charge in [0.15, 0.2) is 0 Å². The van der Waals surface area contributed by atoms with Crippen molar-refractivity contribution in [2.45, 2.75) is 65.1 Å². The van der Waals surface area contributed by atoms with Crippen LogP contribution in [-0.2, 0) is 14.3 Å². The van der Waals surface area contributed by atoms with Crippen molar-refractivity contribution in [2.24, 2.45) is 5.41 Å². The van der Waals surface area contributed by atoms with Gasteiger partial charge in [-0.1, -0.05) is 13.8 Å². The number of hydrogen-bond donors (Lipinski definition) is 2. The Labute approximate surface area is 114 Å². The van der Waals surface area contributed by atoms with Crippen molar-refractivity contribution >= 4 is 11.9 Å². The molecule has 0 spiro atoms. The highest BCUT2D eigenvalue weighted by molar-refractivity contribution is 5.80. The third-order valence-electron chi connectivity index (χ3n) is 3.64. The molecule has 19 heavy (non-hydrogen) atoms. The average Bonchev–Trinajstić information content (AvgIpc) is 2.73. The largest absolute Gasteiger partial charge is 0.481 e. The Morgan fingerprint density at radius 2 is 2.00 bits per heavy atom. The van der Waals surface area contributed by atoms with Crippen molar-refractivity contribution < 1.29 is 19.4 Å². The summed E-state index contributed by atoms with van der Waals surface area (Å²) in [6, 6.07) is 0. The van der Waals surface area contributed by atoms with Crippen molar-refractivity contribution in [1.82, 2.24) is 5.32 Å². The Hall–Kier alpha value is -1.10. The molecule has 110 valence electrons. The Bertz CT molecular complexity index is 327. The quantitative estimate of drug-likeness (QED) is 0.742. The molecule has 2 atom stereocenters. The van der Waals surface area contributed by atoms with Gasteiger partial charge in [-0.3, -0.25) is 9.59 Å². The summed E-state index contributed by atoms with van der Waals surface area (Å²) >= 11 is 0. The number of carboxylic acid groups (broad SMARTS) is 1. The monoisotopic (exact) mass is 271 g/mol. The van der Waals surface area contributed by atoms with E-state index in [0.717, 1.165) is 19.3 Å². The van der Waals surface area contributed by atoms with Crippen LogP contribution in [-0.4, -0.2) is 35.7 Å². The molecule has 1 heterocycles. The molecule has 5 heteroatoms. The molecule has 0 aromatic carbocycles. The average molecular weight is 271 g/mol. The first kappa shape index (κ1) is 16.0. The number of nitrogens with one attached hydrogen (secondary N) is 1. The first-order chi connectivity index (χ1) is 8.80. The highest BCUT2D eigenvalue weighted by atomic mass is 16.5. The molecule has 1 saturated heterocycles. The fourth-order valence-electron chi connectivity index (χ4n) is 2.20. The molecule has 1 fully saturated rings. The molecule has 1 rings (SSSR count). The second-order valence-electron chi connectivity index (χ2n) is 6.11. The number of hydrogen-bond acceptors (Lipinski definition) is 3. The van der Waals surface area contributed by atoms with E-state index in [2.05, 4.69) is 5.32 Å². The number of carbonyl (C=O) groups is 2. The molecule has 0 saturated carbocycles. The van der Waals surface area contributed by atoms with Gasteiger partial charge in [0.1, 0.15) is 6.10 Å². The standard InChI is InChI=1S/C14H25NO4/c1-10-4-5-11(19-10)13(18)15-9-8-14(2,3)7-6-12(16)17/h10-11H,4-9H2,1-3H3,(H,15,18)(H,16,17). The topological polar surface area (TPSA) is 75.6 Å². The lowest BCUT2D eigenvalue weighted by Gasteiger charge is -2.24. The predicted octanol–water partition coefficient (Wildman–Crippen LogP) is 1.95. The molecule has 0 radical (unpaired) electrons. The van der Waals surface area contributed by atoms with Gasteiger partial charge in [0.2, 0.25) is 5.91 Å². The van der Waals surface area contributed by atoms with Crippen LogP contribution in [0, 0.1) is 5.41 Å². The van der Waals surface area contributed by atoms with E-state index in [-0.39, 0.29) is 30.0 Å². The molecule has 0 bridgehead atoms. The van der Waals surface area contributed by atoms with E-state index in [4.69, 9.17) is 9.84 Å². The van der Waals surface area contributed by atoms with Gasteiger partial charge in [-0.15, -0.1) is 0 Å². The SMILES string of the molecule is CC1CCC(C(=O)NCCC(C)(C)CCC(=O)O)O1. The van der Waals surface area contributed by atoms with Crippen molar-refractivity contribution in [3.05, 3.63) is 0 Å². The smallest absolute Gasteiger partial charge is 0.303 e. The van der Waals surface area contributed by atoms with Crippen LogP contribution in [0.15, 0.2) is 0 Å². The molecule has 0 aromatic heterocycles. The molecule has 0 aromatic rings. The minimum atomic E-state index is -0.773. The summed E-state index contributed by atoms with van der Waals surface area (Å²) in [4.78, 5) is 22.4. The Kier molecular flexibility index (Phi) is 5.79. The van der Waals surface area contributed by atoms with E-state index in [9.17, 15) is 9.59 Å². The molecule has 1 aliphatic heterocycles. The van der Waals surface area contributed by atoms with Crippen LogP contribution >= 0.6 is 0 Å². The van der Waals surface area contributed by atoms with Gasteiger partial charge in [-0.2, -0.15) is 0 Å². The first-order valence-electron chi connectivity index (χ1n) is 6.95. The summed E-state index contributed by atoms with van der Waals surface area (Å²) in [5.74, 6) is -0.816. The van der Waals surface area contributed by atoms with Gasteiger partial charge in [-0.25, -0.2) is 0 Å². The van der Waals surface area contributed by atoms with Gasteiger partial charge in [0.25, 0.3) is 0 Å². The zero-order valence-electron chi connectivity index (χ0n) is 12.1. The van der Waals surface area contributed by atoms with Crippen LogP contribution in [0.3, 0.4) is 0 Å². The van der Waals surface area contributed by atoms with E-state index in [1.807, 2.05) is 20.8 Å². The summed E-state index contributed by atoms with van der Waals surface area (Å²) in [6.45, 7) is 6.59. The molecule has 5 nitrogen and oxygen atoms in total. The van der Waals surface area contributed by atoms with Crippen LogP contribution in [0.25, 0.3) is 0 Å². The van der Waals surface area contributed by atoms with E-state index >= 15 is 0 Å². The van der Waals surface area contributed by atoms with Gasteiger partial charge >= 0.3 is 5.97 Å². The maximum Gasteiger partial charge on any atom is 0.303 e. The number of carboxylic acids is 1. The second-order valence-corrected chi connectivity index (χ2v) is 6.11. The normalized spacial score (nSPS) is 23.3. The fourth-order valence-corrected chi connectivity index (χ4v) is 2.20. The van der Waals surface area contributed by atoms with Crippen LogP contribution in [0.2, 0.25) is 0 Å². The molecule has 1 amide bonds. The second kappa shape index (κ2) is 6.89. The summed E-state index contributed by atoms with van der Waals surface area (Å²) in [5, 5.41) is 11.6. The highest BCUT2D eigenvalue weighted by Crippen LogP contribution is 2.26. The van der Waals surface area contributed by atoms with Crippen LogP contribution < -0.4 is 5.32 Å². The first-order valence-corrected chi connectivity index (χ1v) is 6.95.